The SMILES string of the molecule is CCN(CC)Cc1c(C(=O)NN=C(C)c2ccccc2)nnn1-c1nonc1N. The maximum atomic E-state index is 12.8. The third-order valence-electron chi connectivity index (χ3n) is 4.46. The van der Waals surface area contributed by atoms with Gasteiger partial charge < -0.3 is 5.73 Å². The lowest BCUT2D eigenvalue weighted by Gasteiger charge is -2.18. The van der Waals surface area contributed by atoms with Crippen molar-refractivity contribution < 1.29 is 9.42 Å². The van der Waals surface area contributed by atoms with Crippen LogP contribution in [0.1, 0.15) is 42.5 Å². The van der Waals surface area contributed by atoms with E-state index in [4.69, 9.17) is 5.73 Å². The Morgan fingerprint density at radius 2 is 1.97 bits per heavy atom. The number of hydrogen-bond donors (Lipinski definition) is 2. The third-order valence-corrected chi connectivity index (χ3v) is 4.46. The molecule has 0 fully saturated rings. The van der Waals surface area contributed by atoms with Gasteiger partial charge in [-0.15, -0.1) is 5.10 Å². The van der Waals surface area contributed by atoms with Crippen LogP contribution < -0.4 is 11.2 Å². The van der Waals surface area contributed by atoms with Gasteiger partial charge in [-0.1, -0.05) is 49.4 Å². The first-order chi connectivity index (χ1) is 14.0. The number of nitrogens with two attached hydrogens (primary N) is 1. The average Bonchev–Trinajstić information content (AvgIpc) is 3.36. The molecular weight excluding hydrogens is 374 g/mol. The second-order valence-electron chi connectivity index (χ2n) is 6.24. The molecule has 29 heavy (non-hydrogen) atoms. The zero-order chi connectivity index (χ0) is 20.8. The summed E-state index contributed by atoms with van der Waals surface area (Å²) in [5.74, 6) is -0.244. The first kappa shape index (κ1) is 20.1. The second kappa shape index (κ2) is 9.06. The van der Waals surface area contributed by atoms with E-state index in [9.17, 15) is 4.79 Å². The molecule has 3 rings (SSSR count). The molecule has 2 aromatic heterocycles. The summed E-state index contributed by atoms with van der Waals surface area (Å²) in [6.07, 6.45) is 0. The lowest BCUT2D eigenvalue weighted by molar-refractivity contribution is 0.0947. The van der Waals surface area contributed by atoms with Crippen molar-refractivity contribution in [1.82, 2.24) is 35.6 Å². The number of anilines is 1. The maximum Gasteiger partial charge on any atom is 0.293 e. The molecule has 11 heteroatoms. The molecule has 0 aliphatic rings. The van der Waals surface area contributed by atoms with E-state index >= 15 is 0 Å². The number of amides is 1. The molecule has 3 aromatic rings. The van der Waals surface area contributed by atoms with Gasteiger partial charge in [-0.05, 0) is 35.9 Å². The number of nitrogens with zero attached hydrogens (tertiary/aromatic N) is 7. The van der Waals surface area contributed by atoms with Crippen LogP contribution in [0.5, 0.6) is 0 Å². The maximum absolute atomic E-state index is 12.8. The number of aromatic nitrogens is 5. The van der Waals surface area contributed by atoms with Crippen LogP contribution in [-0.2, 0) is 6.54 Å². The van der Waals surface area contributed by atoms with Crippen molar-refractivity contribution in [3.05, 3.63) is 47.3 Å². The lowest BCUT2D eigenvalue weighted by atomic mass is 10.1. The van der Waals surface area contributed by atoms with Crippen molar-refractivity contribution in [2.24, 2.45) is 5.10 Å². The summed E-state index contributed by atoms with van der Waals surface area (Å²) in [5.41, 5.74) is 10.6. The van der Waals surface area contributed by atoms with Gasteiger partial charge in [0.15, 0.2) is 5.69 Å². The van der Waals surface area contributed by atoms with Crippen molar-refractivity contribution in [3.63, 3.8) is 0 Å². The van der Waals surface area contributed by atoms with E-state index in [-0.39, 0.29) is 17.3 Å². The normalized spacial score (nSPS) is 11.8. The quantitative estimate of drug-likeness (QED) is 0.427. The molecule has 0 atom stereocenters. The van der Waals surface area contributed by atoms with Gasteiger partial charge in [0.25, 0.3) is 5.91 Å². The predicted octanol–water partition coefficient (Wildman–Crippen LogP) is 1.23. The summed E-state index contributed by atoms with van der Waals surface area (Å²) in [4.78, 5) is 14.9. The second-order valence-corrected chi connectivity index (χ2v) is 6.24. The molecule has 0 bridgehead atoms. The van der Waals surface area contributed by atoms with E-state index in [1.54, 1.807) is 0 Å². The van der Waals surface area contributed by atoms with Crippen LogP contribution >= 0.6 is 0 Å². The Balaban J connectivity index is 1.90. The van der Waals surface area contributed by atoms with Crippen molar-refractivity contribution in [3.8, 4) is 5.82 Å². The van der Waals surface area contributed by atoms with Crippen molar-refractivity contribution in [2.75, 3.05) is 18.8 Å². The van der Waals surface area contributed by atoms with Gasteiger partial charge in [-0.3, -0.25) is 9.69 Å². The number of rotatable bonds is 8. The minimum Gasteiger partial charge on any atom is -0.378 e. The van der Waals surface area contributed by atoms with Crippen LogP contribution in [0.15, 0.2) is 40.1 Å². The fraction of sp³-hybridized carbons (Fsp3) is 0.333. The molecule has 0 aliphatic heterocycles. The van der Waals surface area contributed by atoms with E-state index < -0.39 is 5.91 Å². The fourth-order valence-electron chi connectivity index (χ4n) is 2.72. The predicted molar refractivity (Wildman–Crippen MR) is 106 cm³/mol. The van der Waals surface area contributed by atoms with Crippen LogP contribution in [-0.4, -0.2) is 54.9 Å². The molecule has 1 aromatic carbocycles. The first-order valence-electron chi connectivity index (χ1n) is 9.20. The monoisotopic (exact) mass is 397 g/mol. The van der Waals surface area contributed by atoms with Gasteiger partial charge in [-0.25, -0.2) is 10.1 Å². The summed E-state index contributed by atoms with van der Waals surface area (Å²) in [7, 11) is 0. The fourth-order valence-corrected chi connectivity index (χ4v) is 2.72. The van der Waals surface area contributed by atoms with E-state index in [1.165, 1.54) is 4.68 Å². The van der Waals surface area contributed by atoms with Gasteiger partial charge in [0.2, 0.25) is 11.6 Å². The van der Waals surface area contributed by atoms with Crippen molar-refractivity contribution in [2.45, 2.75) is 27.3 Å². The Labute approximate surface area is 167 Å². The van der Waals surface area contributed by atoms with Crippen LogP contribution in [0.25, 0.3) is 5.82 Å². The largest absolute Gasteiger partial charge is 0.378 e. The third kappa shape index (κ3) is 4.46. The van der Waals surface area contributed by atoms with Gasteiger partial charge in [0.1, 0.15) is 0 Å². The van der Waals surface area contributed by atoms with Gasteiger partial charge in [0, 0.05) is 6.54 Å². The lowest BCUT2D eigenvalue weighted by Crippen LogP contribution is -2.27. The minimum absolute atomic E-state index is 0.0561. The molecule has 3 N–H and O–H groups in total. The highest BCUT2D eigenvalue weighted by atomic mass is 16.6. The number of hydrogen-bond acceptors (Lipinski definition) is 9. The highest BCUT2D eigenvalue weighted by Crippen LogP contribution is 2.17. The first-order valence-corrected chi connectivity index (χ1v) is 9.20. The molecule has 1 amide bonds. The Morgan fingerprint density at radius 1 is 1.24 bits per heavy atom. The van der Waals surface area contributed by atoms with Gasteiger partial charge >= 0.3 is 0 Å². The number of carbonyl (C=O) groups excluding carboxylic acids is 1. The zero-order valence-electron chi connectivity index (χ0n) is 16.5. The molecule has 0 aliphatic carbocycles. The number of nitrogen functional groups attached to an aromatic ring is 1. The molecule has 0 saturated carbocycles. The Hall–Kier alpha value is -3.60. The minimum atomic E-state index is -0.483. The van der Waals surface area contributed by atoms with E-state index in [2.05, 4.69) is 40.7 Å². The summed E-state index contributed by atoms with van der Waals surface area (Å²) < 4.78 is 6.03. The average molecular weight is 397 g/mol. The van der Waals surface area contributed by atoms with Crippen LogP contribution in [0.3, 0.4) is 0 Å². The number of nitrogens with one attached hydrogen (secondary N) is 1. The van der Waals surface area contributed by atoms with E-state index in [0.717, 1.165) is 18.7 Å². The molecule has 0 radical (unpaired) electrons. The molecule has 0 saturated heterocycles. The van der Waals surface area contributed by atoms with Crippen LogP contribution in [0, 0.1) is 0 Å². The Morgan fingerprint density at radius 3 is 2.59 bits per heavy atom. The Kier molecular flexibility index (Phi) is 6.29. The standard InChI is InChI=1S/C18H23N9O2/c1-4-26(5-2)11-14-15(21-25-27(14)17-16(19)23-29-24-17)18(28)22-20-12(3)13-9-7-6-8-10-13/h6-10H,4-5,11H2,1-3H3,(H2,19,23)(H,22,28). The van der Waals surface area contributed by atoms with E-state index in [0.29, 0.717) is 18.0 Å². The smallest absolute Gasteiger partial charge is 0.293 e. The Bertz CT molecular complexity index is 990. The zero-order valence-corrected chi connectivity index (χ0v) is 16.5. The highest BCUT2D eigenvalue weighted by Gasteiger charge is 2.25. The van der Waals surface area contributed by atoms with Gasteiger partial charge in [-0.2, -0.15) is 9.78 Å². The summed E-state index contributed by atoms with van der Waals surface area (Å²) in [5, 5.41) is 19.6. The van der Waals surface area contributed by atoms with Crippen molar-refractivity contribution >= 4 is 17.4 Å². The van der Waals surface area contributed by atoms with Crippen LogP contribution in [0.4, 0.5) is 5.82 Å². The molecule has 0 unspecified atom stereocenters. The summed E-state index contributed by atoms with van der Waals surface area (Å²) >= 11 is 0. The highest BCUT2D eigenvalue weighted by molar-refractivity contribution is 6.00. The number of benzene rings is 1. The van der Waals surface area contributed by atoms with Gasteiger partial charge in [0.05, 0.1) is 11.4 Å². The number of hydrazone groups is 1. The van der Waals surface area contributed by atoms with Crippen LogP contribution in [0.2, 0.25) is 0 Å². The summed E-state index contributed by atoms with van der Waals surface area (Å²) in [6.45, 7) is 7.83. The summed E-state index contributed by atoms with van der Waals surface area (Å²) in [6, 6.07) is 9.54. The van der Waals surface area contributed by atoms with Crippen molar-refractivity contribution in [1.29, 1.82) is 0 Å². The topological polar surface area (TPSA) is 140 Å². The number of carbonyl (C=O) groups is 1. The van der Waals surface area contributed by atoms with E-state index in [1.807, 2.05) is 51.1 Å². The molecule has 0 spiro atoms. The molecule has 11 nitrogen and oxygen atoms in total. The molecule has 2 heterocycles. The molecular formula is C18H23N9O2. The molecule has 152 valence electrons.